The van der Waals surface area contributed by atoms with Gasteiger partial charge in [0.15, 0.2) is 6.04 Å². The molecule has 2 aliphatic heterocycles. The smallest absolute Gasteiger partial charge is 0.330 e. The zero-order valence-electron chi connectivity index (χ0n) is 31.8. The molecule has 5 N–H and O–H groups in total. The molecule has 2 fully saturated rings. The predicted octanol–water partition coefficient (Wildman–Crippen LogP) is 2.37. The van der Waals surface area contributed by atoms with Crippen LogP contribution in [-0.2, 0) is 44.7 Å². The minimum Gasteiger partial charge on any atom is -0.494 e. The van der Waals surface area contributed by atoms with Crippen LogP contribution < -0.4 is 26.0 Å². The van der Waals surface area contributed by atoms with Crippen LogP contribution in [0.25, 0.3) is 0 Å². The van der Waals surface area contributed by atoms with Crippen LogP contribution in [0.5, 0.6) is 5.75 Å². The molecule has 1 saturated carbocycles. The summed E-state index contributed by atoms with van der Waals surface area (Å²) >= 11 is 0. The van der Waals surface area contributed by atoms with Crippen molar-refractivity contribution in [2.45, 2.75) is 108 Å². The van der Waals surface area contributed by atoms with E-state index in [-0.39, 0.29) is 37.6 Å². The molecule has 1 aliphatic carbocycles. The highest BCUT2D eigenvalue weighted by atomic mass is 16.5. The third-order valence-corrected chi connectivity index (χ3v) is 10.5. The molecule has 2 heterocycles. The molecule has 56 heavy (non-hydrogen) atoms. The SMILES string of the molecule is CCCC(NC(=O)C1C[C@@H]2CN1C(=O)[C@H](C1CCCCC1)NC(=O)Cc1cccc(c1)OCCCCO2)C(=O)C(=O)NCC(=O)N[C@H](C(=O)O)c1ccccc1. The second-order valence-electron chi connectivity index (χ2n) is 14.7. The van der Waals surface area contributed by atoms with Crippen molar-refractivity contribution in [3.05, 3.63) is 65.7 Å². The van der Waals surface area contributed by atoms with Gasteiger partial charge in [-0.15, -0.1) is 0 Å². The summed E-state index contributed by atoms with van der Waals surface area (Å²) in [5.74, 6) is -5.08. The van der Waals surface area contributed by atoms with Gasteiger partial charge in [0.1, 0.15) is 17.8 Å². The molecule has 302 valence electrons. The number of amides is 5. The van der Waals surface area contributed by atoms with Crippen LogP contribution in [0.15, 0.2) is 54.6 Å². The summed E-state index contributed by atoms with van der Waals surface area (Å²) in [6, 6.07) is 10.8. The van der Waals surface area contributed by atoms with E-state index in [1.807, 2.05) is 24.3 Å². The lowest BCUT2D eigenvalue weighted by atomic mass is 9.83. The largest absolute Gasteiger partial charge is 0.494 e. The van der Waals surface area contributed by atoms with Crippen molar-refractivity contribution < 1.29 is 48.1 Å². The van der Waals surface area contributed by atoms with E-state index in [9.17, 15) is 38.7 Å². The highest BCUT2D eigenvalue weighted by Gasteiger charge is 2.45. The Morgan fingerprint density at radius 1 is 0.929 bits per heavy atom. The number of hydrogen-bond donors (Lipinski definition) is 5. The Morgan fingerprint density at radius 3 is 2.41 bits per heavy atom. The summed E-state index contributed by atoms with van der Waals surface area (Å²) in [6.07, 6.45) is 5.95. The van der Waals surface area contributed by atoms with Gasteiger partial charge in [0.2, 0.25) is 29.4 Å². The number of carboxylic acid groups (broad SMARTS) is 1. The van der Waals surface area contributed by atoms with Crippen molar-refractivity contribution in [1.29, 1.82) is 0 Å². The van der Waals surface area contributed by atoms with Gasteiger partial charge in [0.05, 0.1) is 31.7 Å². The maximum Gasteiger partial charge on any atom is 0.330 e. The first-order valence-electron chi connectivity index (χ1n) is 19.7. The number of nitrogens with one attached hydrogen (secondary N) is 4. The van der Waals surface area contributed by atoms with Crippen LogP contribution in [0, 0.1) is 5.92 Å². The van der Waals surface area contributed by atoms with E-state index in [0.717, 1.165) is 37.7 Å². The zero-order valence-corrected chi connectivity index (χ0v) is 31.8. The third kappa shape index (κ3) is 11.6. The lowest BCUT2D eigenvalue weighted by molar-refractivity contribution is -0.144. The number of ketones is 1. The number of ether oxygens (including phenoxy) is 2. The summed E-state index contributed by atoms with van der Waals surface area (Å²) in [6.45, 7) is 2.03. The number of nitrogens with zero attached hydrogens (tertiary/aromatic N) is 1. The summed E-state index contributed by atoms with van der Waals surface area (Å²) < 4.78 is 12.1. The quantitative estimate of drug-likeness (QED) is 0.199. The molecule has 15 nitrogen and oxygen atoms in total. The molecule has 1 saturated heterocycles. The fraction of sp³-hybridized carbons (Fsp3) is 0.537. The molecule has 2 aromatic rings. The number of hydrogen-bond acceptors (Lipinski definition) is 9. The van der Waals surface area contributed by atoms with Crippen LogP contribution in [-0.4, -0.2) is 102 Å². The average Bonchev–Trinajstić information content (AvgIpc) is 3.63. The maximum absolute atomic E-state index is 14.5. The first-order valence-corrected chi connectivity index (χ1v) is 19.7. The molecule has 5 amide bonds. The molecular weight excluding hydrogens is 722 g/mol. The van der Waals surface area contributed by atoms with Gasteiger partial charge in [0.25, 0.3) is 5.91 Å². The summed E-state index contributed by atoms with van der Waals surface area (Å²) in [5, 5.41) is 19.9. The number of benzene rings is 2. The van der Waals surface area contributed by atoms with E-state index in [1.54, 1.807) is 25.1 Å². The highest BCUT2D eigenvalue weighted by molar-refractivity contribution is 6.38. The highest BCUT2D eigenvalue weighted by Crippen LogP contribution is 2.30. The van der Waals surface area contributed by atoms with Crippen LogP contribution in [0.3, 0.4) is 0 Å². The monoisotopic (exact) mass is 775 g/mol. The number of fused-ring (bicyclic) bond motifs is 4. The van der Waals surface area contributed by atoms with E-state index in [4.69, 9.17) is 9.47 Å². The van der Waals surface area contributed by atoms with E-state index in [2.05, 4.69) is 21.3 Å². The Balaban J connectivity index is 1.29. The standard InChI is InChI=1S/C41H53N5O10/c1-2-12-31(37(49)39(51)42-24-34(48)45-36(41(53)54)28-16-7-4-8-17-28)43-38(50)32-23-30-25-46(32)40(52)35(27-14-5-3-6-15-27)44-33(47)22-26-13-11-18-29(21-26)55-19-9-10-20-56-30/h4,7-8,11,13,16-18,21,27,30-32,35-36H,2-3,5-6,9-10,12,14-15,19-20,22-25H2,1H3,(H,42,51)(H,43,50)(H,44,47)(H,45,48)(H,53,54)/t30-,31?,32?,35+,36+/m1/s1. The fourth-order valence-corrected chi connectivity index (χ4v) is 7.61. The van der Waals surface area contributed by atoms with Crippen LogP contribution >= 0.6 is 0 Å². The Bertz CT molecular complexity index is 1720. The molecule has 2 unspecified atom stereocenters. The van der Waals surface area contributed by atoms with Crippen molar-refractivity contribution >= 4 is 41.3 Å². The normalized spacial score (nSPS) is 22.0. The fourth-order valence-electron chi connectivity index (χ4n) is 7.61. The molecule has 0 radical (unpaired) electrons. The Morgan fingerprint density at radius 2 is 1.68 bits per heavy atom. The van der Waals surface area contributed by atoms with Crippen LogP contribution in [0.1, 0.15) is 88.3 Å². The minimum atomic E-state index is -1.37. The maximum atomic E-state index is 14.5. The number of Topliss-reactive ketones (excluding diaryl/α,β-unsaturated/α-hetero) is 1. The van der Waals surface area contributed by atoms with Crippen molar-refractivity contribution in [2.75, 3.05) is 26.3 Å². The van der Waals surface area contributed by atoms with Crippen LogP contribution in [0.4, 0.5) is 0 Å². The molecule has 5 atom stereocenters. The number of carbonyl (C=O) groups excluding carboxylic acids is 6. The summed E-state index contributed by atoms with van der Waals surface area (Å²) in [4.78, 5) is 94.4. The molecule has 15 heteroatoms. The lowest BCUT2D eigenvalue weighted by Gasteiger charge is -2.35. The van der Waals surface area contributed by atoms with Gasteiger partial charge < -0.3 is 40.7 Å². The number of rotatable bonds is 12. The van der Waals surface area contributed by atoms with Crippen LogP contribution in [0.2, 0.25) is 0 Å². The first kappa shape index (κ1) is 41.8. The Labute approximate surface area is 326 Å². The van der Waals surface area contributed by atoms with Crippen molar-refractivity contribution in [3.63, 3.8) is 0 Å². The number of carboxylic acids is 1. The second kappa shape index (κ2) is 20.6. The van der Waals surface area contributed by atoms with E-state index in [0.29, 0.717) is 43.8 Å². The molecular formula is C41H53N5O10. The molecule has 5 rings (SSSR count). The average molecular weight is 776 g/mol. The number of aliphatic carboxylic acids is 1. The Kier molecular flexibility index (Phi) is 15.4. The van der Waals surface area contributed by atoms with Gasteiger partial charge in [-0.25, -0.2) is 4.79 Å². The summed E-state index contributed by atoms with van der Waals surface area (Å²) in [5.41, 5.74) is 1.07. The predicted molar refractivity (Wildman–Crippen MR) is 203 cm³/mol. The number of carbonyl (C=O) groups is 7. The van der Waals surface area contributed by atoms with Gasteiger partial charge >= 0.3 is 5.97 Å². The zero-order chi connectivity index (χ0) is 40.0. The molecule has 3 aliphatic rings. The van der Waals surface area contributed by atoms with E-state index < -0.39 is 72.2 Å². The molecule has 2 aromatic carbocycles. The minimum absolute atomic E-state index is 0.0427. The van der Waals surface area contributed by atoms with Crippen molar-refractivity contribution in [1.82, 2.24) is 26.2 Å². The van der Waals surface area contributed by atoms with Crippen molar-refractivity contribution in [3.8, 4) is 5.75 Å². The topological polar surface area (TPSA) is 210 Å². The van der Waals surface area contributed by atoms with Crippen molar-refractivity contribution in [2.24, 2.45) is 5.92 Å². The van der Waals surface area contributed by atoms with E-state index >= 15 is 0 Å². The Hall–Kier alpha value is -5.31. The molecule has 4 bridgehead atoms. The van der Waals surface area contributed by atoms with E-state index in [1.165, 1.54) is 17.0 Å². The van der Waals surface area contributed by atoms with Gasteiger partial charge in [-0.3, -0.25) is 28.8 Å². The van der Waals surface area contributed by atoms with Gasteiger partial charge in [-0.05, 0) is 61.3 Å². The van der Waals surface area contributed by atoms with Gasteiger partial charge in [-0.1, -0.05) is 75.1 Å². The molecule has 0 spiro atoms. The van der Waals surface area contributed by atoms with Gasteiger partial charge in [0, 0.05) is 19.6 Å². The van der Waals surface area contributed by atoms with Gasteiger partial charge in [-0.2, -0.15) is 0 Å². The second-order valence-corrected chi connectivity index (χ2v) is 14.7. The third-order valence-electron chi connectivity index (χ3n) is 10.5. The summed E-state index contributed by atoms with van der Waals surface area (Å²) in [7, 11) is 0. The lowest BCUT2D eigenvalue weighted by Crippen LogP contribution is -2.58. The molecule has 0 aromatic heterocycles. The first-order chi connectivity index (χ1) is 27.0.